The SMILES string of the molecule is COc1cc(/C=N/NC(=O)C23CC4CC(C)(CC(C)(C4)C2)C3)cc([N+](=O)[O-])c1O. The van der Waals surface area contributed by atoms with Crippen LogP contribution in [0.5, 0.6) is 11.5 Å². The largest absolute Gasteiger partial charge is 0.500 e. The fourth-order valence-electron chi connectivity index (χ4n) is 6.97. The molecule has 8 nitrogen and oxygen atoms in total. The van der Waals surface area contributed by atoms with E-state index >= 15 is 0 Å². The molecule has 0 spiro atoms. The van der Waals surface area contributed by atoms with E-state index in [1.165, 1.54) is 44.7 Å². The molecule has 4 aliphatic carbocycles. The van der Waals surface area contributed by atoms with Gasteiger partial charge in [0.05, 0.1) is 23.7 Å². The lowest BCUT2D eigenvalue weighted by Gasteiger charge is -2.64. The molecule has 4 saturated carbocycles. The number of nitrogens with zero attached hydrogens (tertiary/aromatic N) is 2. The third-order valence-corrected chi connectivity index (χ3v) is 6.98. The van der Waals surface area contributed by atoms with E-state index in [-0.39, 0.29) is 27.9 Å². The highest BCUT2D eigenvalue weighted by Gasteiger charge is 2.62. The molecule has 2 atom stereocenters. The van der Waals surface area contributed by atoms with Crippen molar-refractivity contribution in [2.75, 3.05) is 7.11 Å². The molecule has 0 aromatic heterocycles. The lowest BCUT2D eigenvalue weighted by Crippen LogP contribution is -2.59. The lowest BCUT2D eigenvalue weighted by molar-refractivity contribution is -0.386. The standard InChI is InChI=1S/C21H27N3O5/c1-19-6-14-7-20(2,10-19)12-21(8-14,11-19)18(26)23-22-9-13-4-15(24(27)28)17(25)16(5-13)29-3/h4-5,9,14,25H,6-8,10-12H2,1-3H3,(H,23,26)/b22-9+. The van der Waals surface area contributed by atoms with Crippen LogP contribution in [-0.2, 0) is 4.79 Å². The zero-order valence-corrected chi connectivity index (χ0v) is 17.0. The second kappa shape index (κ2) is 6.43. The molecule has 8 heteroatoms. The second-order valence-corrected chi connectivity index (χ2v) is 9.96. The molecule has 0 saturated heterocycles. The molecule has 0 aliphatic heterocycles. The third kappa shape index (κ3) is 3.34. The summed E-state index contributed by atoms with van der Waals surface area (Å²) in [6.07, 6.45) is 7.65. The molecular formula is C21H27N3O5. The molecule has 0 radical (unpaired) electrons. The molecule has 2 N–H and O–H groups in total. The number of phenols is 1. The van der Waals surface area contributed by atoms with Gasteiger partial charge in [0.25, 0.3) is 0 Å². The maximum absolute atomic E-state index is 13.1. The average molecular weight is 401 g/mol. The van der Waals surface area contributed by atoms with Crippen LogP contribution in [-0.4, -0.2) is 29.3 Å². The van der Waals surface area contributed by atoms with E-state index in [2.05, 4.69) is 24.4 Å². The number of carbonyl (C=O) groups excluding carboxylic acids is 1. The van der Waals surface area contributed by atoms with Crippen LogP contribution in [0.3, 0.4) is 0 Å². The van der Waals surface area contributed by atoms with Crippen LogP contribution in [0, 0.1) is 32.3 Å². The number of ether oxygens (including phenoxy) is 1. The summed E-state index contributed by atoms with van der Waals surface area (Å²) in [6, 6.07) is 2.63. The summed E-state index contributed by atoms with van der Waals surface area (Å²) in [5, 5.41) is 25.0. The number of hydrazone groups is 1. The first-order valence-corrected chi connectivity index (χ1v) is 9.96. The summed E-state index contributed by atoms with van der Waals surface area (Å²) in [4.78, 5) is 23.6. The molecule has 2 unspecified atom stereocenters. The fourth-order valence-corrected chi connectivity index (χ4v) is 6.97. The maximum Gasteiger partial charge on any atom is 0.315 e. The number of rotatable bonds is 5. The number of hydrogen-bond acceptors (Lipinski definition) is 6. The van der Waals surface area contributed by atoms with Gasteiger partial charge < -0.3 is 9.84 Å². The number of aromatic hydroxyl groups is 1. The van der Waals surface area contributed by atoms with Gasteiger partial charge in [0, 0.05) is 11.6 Å². The van der Waals surface area contributed by atoms with Gasteiger partial charge >= 0.3 is 5.69 Å². The normalized spacial score (nSPS) is 35.1. The highest BCUT2D eigenvalue weighted by atomic mass is 16.6. The fraction of sp³-hybridized carbons (Fsp3) is 0.619. The molecule has 0 heterocycles. The van der Waals surface area contributed by atoms with Crippen LogP contribution in [0.25, 0.3) is 0 Å². The summed E-state index contributed by atoms with van der Waals surface area (Å²) < 4.78 is 4.99. The molecule has 1 aromatic rings. The zero-order valence-electron chi connectivity index (χ0n) is 17.0. The molecular weight excluding hydrogens is 374 g/mol. The van der Waals surface area contributed by atoms with E-state index in [4.69, 9.17) is 4.74 Å². The topological polar surface area (TPSA) is 114 Å². The number of phenolic OH excluding ortho intramolecular Hbond substituents is 1. The van der Waals surface area contributed by atoms with Crippen LogP contribution in [0.15, 0.2) is 17.2 Å². The van der Waals surface area contributed by atoms with Crippen molar-refractivity contribution in [1.82, 2.24) is 5.43 Å². The van der Waals surface area contributed by atoms with Gasteiger partial charge in [0.15, 0.2) is 5.75 Å². The Kier molecular flexibility index (Phi) is 4.36. The van der Waals surface area contributed by atoms with Gasteiger partial charge in [-0.1, -0.05) is 13.8 Å². The predicted molar refractivity (Wildman–Crippen MR) is 107 cm³/mol. The Morgan fingerprint density at radius 1 is 1.28 bits per heavy atom. The molecule has 29 heavy (non-hydrogen) atoms. The van der Waals surface area contributed by atoms with E-state index in [9.17, 15) is 20.0 Å². The van der Waals surface area contributed by atoms with Crippen molar-refractivity contribution >= 4 is 17.8 Å². The Morgan fingerprint density at radius 3 is 2.48 bits per heavy atom. The molecule has 4 aliphatic rings. The van der Waals surface area contributed by atoms with Crippen molar-refractivity contribution in [2.45, 2.75) is 52.4 Å². The predicted octanol–water partition coefficient (Wildman–Crippen LogP) is 3.76. The Morgan fingerprint density at radius 2 is 1.93 bits per heavy atom. The third-order valence-electron chi connectivity index (χ3n) is 6.98. The van der Waals surface area contributed by atoms with E-state index in [0.29, 0.717) is 11.5 Å². The number of carbonyl (C=O) groups is 1. The summed E-state index contributed by atoms with van der Waals surface area (Å²) >= 11 is 0. The van der Waals surface area contributed by atoms with Gasteiger partial charge in [-0.2, -0.15) is 5.10 Å². The van der Waals surface area contributed by atoms with Gasteiger partial charge in [0.2, 0.25) is 11.7 Å². The molecule has 1 aromatic carbocycles. The summed E-state index contributed by atoms with van der Waals surface area (Å²) in [7, 11) is 1.32. The number of amides is 1. The first-order chi connectivity index (χ1) is 13.6. The highest BCUT2D eigenvalue weighted by Crippen LogP contribution is 2.69. The molecule has 5 rings (SSSR count). The minimum atomic E-state index is -0.690. The summed E-state index contributed by atoms with van der Waals surface area (Å²) in [6.45, 7) is 4.62. The van der Waals surface area contributed by atoms with Crippen molar-refractivity contribution in [2.24, 2.45) is 27.3 Å². The minimum absolute atomic E-state index is 0.0195. The zero-order chi connectivity index (χ0) is 21.0. The van der Waals surface area contributed by atoms with Crippen molar-refractivity contribution < 1.29 is 19.6 Å². The van der Waals surface area contributed by atoms with Crippen LogP contribution >= 0.6 is 0 Å². The summed E-state index contributed by atoms with van der Waals surface area (Å²) in [5.41, 5.74) is 2.63. The highest BCUT2D eigenvalue weighted by molar-refractivity contribution is 5.87. The summed E-state index contributed by atoms with van der Waals surface area (Å²) in [5.74, 6) is -0.0156. The molecule has 156 valence electrons. The van der Waals surface area contributed by atoms with Gasteiger partial charge in [-0.05, 0) is 61.3 Å². The molecule has 4 fully saturated rings. The van der Waals surface area contributed by atoms with Gasteiger partial charge in [-0.3, -0.25) is 14.9 Å². The number of nitrogens with one attached hydrogen (secondary N) is 1. The second-order valence-electron chi connectivity index (χ2n) is 9.96. The maximum atomic E-state index is 13.1. The Labute approximate surface area is 169 Å². The first-order valence-electron chi connectivity index (χ1n) is 9.96. The molecule has 1 amide bonds. The van der Waals surface area contributed by atoms with Gasteiger partial charge in [-0.15, -0.1) is 0 Å². The van der Waals surface area contributed by atoms with Crippen molar-refractivity contribution in [3.05, 3.63) is 27.8 Å². The average Bonchev–Trinajstić information content (AvgIpc) is 2.59. The molecule has 4 bridgehead atoms. The van der Waals surface area contributed by atoms with Crippen LogP contribution < -0.4 is 10.2 Å². The number of methoxy groups -OCH3 is 1. The number of hydrogen-bond donors (Lipinski definition) is 2. The van der Waals surface area contributed by atoms with Gasteiger partial charge in [0.1, 0.15) is 0 Å². The Balaban J connectivity index is 1.53. The minimum Gasteiger partial charge on any atom is -0.500 e. The Bertz CT molecular complexity index is 894. The number of nitro groups is 1. The van der Waals surface area contributed by atoms with Crippen LogP contribution in [0.2, 0.25) is 0 Å². The number of nitro benzene ring substituents is 1. The van der Waals surface area contributed by atoms with E-state index in [1.807, 2.05) is 0 Å². The van der Waals surface area contributed by atoms with Crippen LogP contribution in [0.4, 0.5) is 5.69 Å². The van der Waals surface area contributed by atoms with E-state index < -0.39 is 16.4 Å². The van der Waals surface area contributed by atoms with Crippen molar-refractivity contribution in [3.63, 3.8) is 0 Å². The monoisotopic (exact) mass is 401 g/mol. The number of benzene rings is 1. The van der Waals surface area contributed by atoms with Crippen molar-refractivity contribution in [3.8, 4) is 11.5 Å². The smallest absolute Gasteiger partial charge is 0.315 e. The van der Waals surface area contributed by atoms with Gasteiger partial charge in [-0.25, -0.2) is 5.43 Å². The van der Waals surface area contributed by atoms with Crippen LogP contribution in [0.1, 0.15) is 57.9 Å². The first kappa shape index (κ1) is 19.7. The Hall–Kier alpha value is -2.64. The van der Waals surface area contributed by atoms with Crippen molar-refractivity contribution in [1.29, 1.82) is 0 Å². The lowest BCUT2D eigenvalue weighted by atomic mass is 9.40. The van der Waals surface area contributed by atoms with E-state index in [1.54, 1.807) is 0 Å². The van der Waals surface area contributed by atoms with E-state index in [0.717, 1.165) is 19.3 Å². The quantitative estimate of drug-likeness (QED) is 0.443.